The molecule has 0 bridgehead atoms. The Morgan fingerprint density at radius 1 is 0.914 bits per heavy atom. The highest BCUT2D eigenvalue weighted by molar-refractivity contribution is 7.89. The molecule has 0 saturated heterocycles. The van der Waals surface area contributed by atoms with E-state index < -0.39 is 16.1 Å². The Hall–Kier alpha value is -3.69. The third-order valence-corrected chi connectivity index (χ3v) is 7.98. The zero-order chi connectivity index (χ0) is 25.3. The van der Waals surface area contributed by atoms with E-state index in [1.54, 1.807) is 56.5 Å². The van der Waals surface area contributed by atoms with Crippen LogP contribution in [0.2, 0.25) is 0 Å². The van der Waals surface area contributed by atoms with Gasteiger partial charge in [-0.1, -0.05) is 6.07 Å². The predicted octanol–water partition coefficient (Wildman–Crippen LogP) is 4.09. The highest BCUT2D eigenvalue weighted by atomic mass is 32.2. The second-order valence-corrected chi connectivity index (χ2v) is 10.2. The Morgan fingerprint density at radius 2 is 1.49 bits per heavy atom. The molecule has 0 N–H and O–H groups in total. The first-order chi connectivity index (χ1) is 16.7. The second-order valence-electron chi connectivity index (χ2n) is 8.20. The molecular weight excluding hydrogens is 466 g/mol. The third kappa shape index (κ3) is 4.52. The van der Waals surface area contributed by atoms with Gasteiger partial charge in [0.15, 0.2) is 0 Å². The number of rotatable bonds is 7. The van der Waals surface area contributed by atoms with E-state index in [0.29, 0.717) is 33.9 Å². The lowest BCUT2D eigenvalue weighted by molar-refractivity contribution is 0.378. The zero-order valence-corrected chi connectivity index (χ0v) is 21.0. The van der Waals surface area contributed by atoms with Crippen molar-refractivity contribution >= 4 is 20.9 Å². The third-order valence-electron chi connectivity index (χ3n) is 6.04. The maximum absolute atomic E-state index is 13.6. The smallest absolute Gasteiger partial charge is 0.266 e. The molecule has 182 valence electrons. The highest BCUT2D eigenvalue weighted by Crippen LogP contribution is 2.28. The summed E-state index contributed by atoms with van der Waals surface area (Å²) in [6.45, 7) is 3.63. The molecule has 9 heteroatoms. The van der Waals surface area contributed by atoms with Gasteiger partial charge >= 0.3 is 0 Å². The van der Waals surface area contributed by atoms with Gasteiger partial charge in [0.05, 0.1) is 41.7 Å². The van der Waals surface area contributed by atoms with Crippen LogP contribution in [0, 0.1) is 6.92 Å². The number of methoxy groups -OCH3 is 2. The Balaban J connectivity index is 1.89. The van der Waals surface area contributed by atoms with Gasteiger partial charge in [-0.3, -0.25) is 9.36 Å². The number of sulfonamides is 1. The number of nitrogens with zero attached hydrogens (tertiary/aromatic N) is 3. The van der Waals surface area contributed by atoms with Crippen LogP contribution >= 0.6 is 0 Å². The van der Waals surface area contributed by atoms with Crippen molar-refractivity contribution in [1.82, 2.24) is 13.9 Å². The first-order valence-electron chi connectivity index (χ1n) is 11.0. The molecule has 1 atom stereocenters. The molecule has 0 saturated carbocycles. The standard InChI is InChI=1S/C26H27N3O5S/c1-17-6-15-23-24(16-17)27-25(29(26(23)30)19-7-9-20(33-4)10-8-19)18(2)28(3)35(31,32)22-13-11-21(34-5)12-14-22/h6-16,18H,1-5H3. The summed E-state index contributed by atoms with van der Waals surface area (Å²) in [5.41, 5.74) is 1.74. The average Bonchev–Trinajstić information content (AvgIpc) is 2.87. The molecule has 0 spiro atoms. The van der Waals surface area contributed by atoms with Crippen molar-refractivity contribution in [2.75, 3.05) is 21.3 Å². The highest BCUT2D eigenvalue weighted by Gasteiger charge is 2.30. The van der Waals surface area contributed by atoms with Crippen LogP contribution in [0.4, 0.5) is 0 Å². The van der Waals surface area contributed by atoms with Gasteiger partial charge in [-0.2, -0.15) is 4.31 Å². The van der Waals surface area contributed by atoms with E-state index >= 15 is 0 Å². The summed E-state index contributed by atoms with van der Waals surface area (Å²) in [7, 11) is 0.669. The molecule has 0 aliphatic heterocycles. The largest absolute Gasteiger partial charge is 0.497 e. The molecule has 4 rings (SSSR count). The summed E-state index contributed by atoms with van der Waals surface area (Å²) in [5, 5.41) is 0.447. The van der Waals surface area contributed by atoms with Crippen LogP contribution in [0.3, 0.4) is 0 Å². The molecule has 0 aliphatic carbocycles. The molecule has 0 aliphatic rings. The quantitative estimate of drug-likeness (QED) is 0.385. The molecule has 8 nitrogen and oxygen atoms in total. The van der Waals surface area contributed by atoms with Crippen LogP contribution in [0.1, 0.15) is 24.4 Å². The summed E-state index contributed by atoms with van der Waals surface area (Å²) in [5.74, 6) is 1.50. The van der Waals surface area contributed by atoms with Crippen molar-refractivity contribution < 1.29 is 17.9 Å². The lowest BCUT2D eigenvalue weighted by atomic mass is 10.1. The molecule has 1 heterocycles. The van der Waals surface area contributed by atoms with Crippen molar-refractivity contribution in [3.8, 4) is 17.2 Å². The van der Waals surface area contributed by atoms with Gasteiger partial charge in [0.2, 0.25) is 10.0 Å². The zero-order valence-electron chi connectivity index (χ0n) is 20.2. The first-order valence-corrected chi connectivity index (χ1v) is 12.4. The number of fused-ring (bicyclic) bond motifs is 1. The van der Waals surface area contributed by atoms with Crippen LogP contribution in [-0.2, 0) is 10.0 Å². The molecule has 35 heavy (non-hydrogen) atoms. The topological polar surface area (TPSA) is 90.7 Å². The van der Waals surface area contributed by atoms with E-state index in [1.807, 2.05) is 19.1 Å². The SMILES string of the molecule is COc1ccc(-n2c(C(C)N(C)S(=O)(=O)c3ccc(OC)cc3)nc3cc(C)ccc3c2=O)cc1. The van der Waals surface area contributed by atoms with Crippen LogP contribution in [0.25, 0.3) is 16.6 Å². The molecular formula is C26H27N3O5S. The van der Waals surface area contributed by atoms with Crippen LogP contribution < -0.4 is 15.0 Å². The maximum Gasteiger partial charge on any atom is 0.266 e. The van der Waals surface area contributed by atoms with Gasteiger partial charge < -0.3 is 9.47 Å². The fourth-order valence-electron chi connectivity index (χ4n) is 3.86. The van der Waals surface area contributed by atoms with Crippen LogP contribution in [-0.4, -0.2) is 43.5 Å². The van der Waals surface area contributed by atoms with Gasteiger partial charge in [0, 0.05) is 7.05 Å². The summed E-state index contributed by atoms with van der Waals surface area (Å²) in [6.07, 6.45) is 0. The van der Waals surface area contributed by atoms with E-state index in [2.05, 4.69) is 0 Å². The summed E-state index contributed by atoms with van der Waals surface area (Å²) < 4.78 is 39.9. The van der Waals surface area contributed by atoms with Crippen LogP contribution in [0.5, 0.6) is 11.5 Å². The van der Waals surface area contributed by atoms with E-state index in [1.165, 1.54) is 35.2 Å². The number of aromatic nitrogens is 2. The van der Waals surface area contributed by atoms with Crippen molar-refractivity contribution in [2.45, 2.75) is 24.8 Å². The predicted molar refractivity (Wildman–Crippen MR) is 135 cm³/mol. The Labute approximate surface area is 204 Å². The molecule has 0 radical (unpaired) electrons. The summed E-state index contributed by atoms with van der Waals surface area (Å²) >= 11 is 0. The van der Waals surface area contributed by atoms with Crippen LogP contribution in [0.15, 0.2) is 76.4 Å². The summed E-state index contributed by atoms with van der Waals surface area (Å²) in [6, 6.07) is 17.8. The van der Waals surface area contributed by atoms with Crippen molar-refractivity contribution in [3.05, 3.63) is 88.5 Å². The lowest BCUT2D eigenvalue weighted by Crippen LogP contribution is -2.35. The van der Waals surface area contributed by atoms with E-state index in [-0.39, 0.29) is 10.5 Å². The molecule has 0 fully saturated rings. The van der Waals surface area contributed by atoms with Gasteiger partial charge in [0.1, 0.15) is 17.3 Å². The molecule has 0 amide bonds. The van der Waals surface area contributed by atoms with Gasteiger partial charge in [-0.25, -0.2) is 13.4 Å². The molecule has 3 aromatic carbocycles. The monoisotopic (exact) mass is 493 g/mol. The van der Waals surface area contributed by atoms with E-state index in [9.17, 15) is 13.2 Å². The molecule has 1 aromatic heterocycles. The lowest BCUT2D eigenvalue weighted by Gasteiger charge is -2.26. The van der Waals surface area contributed by atoms with Crippen molar-refractivity contribution in [2.24, 2.45) is 0 Å². The minimum Gasteiger partial charge on any atom is -0.497 e. The fraction of sp³-hybridized carbons (Fsp3) is 0.231. The second kappa shape index (κ2) is 9.52. The van der Waals surface area contributed by atoms with Crippen molar-refractivity contribution in [3.63, 3.8) is 0 Å². The van der Waals surface area contributed by atoms with Gasteiger partial charge in [-0.15, -0.1) is 0 Å². The maximum atomic E-state index is 13.6. The van der Waals surface area contributed by atoms with Gasteiger partial charge in [0.25, 0.3) is 5.56 Å². The number of ether oxygens (including phenoxy) is 2. The number of aryl methyl sites for hydroxylation is 1. The van der Waals surface area contributed by atoms with E-state index in [4.69, 9.17) is 14.5 Å². The first kappa shape index (κ1) is 24.4. The van der Waals surface area contributed by atoms with Crippen molar-refractivity contribution in [1.29, 1.82) is 0 Å². The minimum absolute atomic E-state index is 0.114. The minimum atomic E-state index is -3.89. The Morgan fingerprint density at radius 3 is 2.06 bits per heavy atom. The Kier molecular flexibility index (Phi) is 6.64. The molecule has 4 aromatic rings. The normalized spacial score (nSPS) is 12.6. The number of hydrogen-bond acceptors (Lipinski definition) is 6. The summed E-state index contributed by atoms with van der Waals surface area (Å²) in [4.78, 5) is 18.5. The fourth-order valence-corrected chi connectivity index (χ4v) is 5.18. The van der Waals surface area contributed by atoms with E-state index in [0.717, 1.165) is 5.56 Å². The molecule has 1 unspecified atom stereocenters. The number of hydrogen-bond donors (Lipinski definition) is 0. The average molecular weight is 494 g/mol. The Bertz CT molecular complexity index is 1530. The number of benzene rings is 3. The van der Waals surface area contributed by atoms with Gasteiger partial charge in [-0.05, 0) is 80.1 Å².